The molecule has 1 aliphatic heterocycles. The van der Waals surface area contributed by atoms with Crippen molar-refractivity contribution >= 4 is 5.91 Å². The van der Waals surface area contributed by atoms with E-state index in [0.717, 1.165) is 24.4 Å². The molecule has 1 unspecified atom stereocenters. The van der Waals surface area contributed by atoms with Gasteiger partial charge < -0.3 is 14.2 Å². The summed E-state index contributed by atoms with van der Waals surface area (Å²) in [6.45, 7) is 2.52. The molecule has 1 aliphatic rings. The van der Waals surface area contributed by atoms with Crippen LogP contribution in [0, 0.1) is 6.92 Å². The van der Waals surface area contributed by atoms with Gasteiger partial charge in [0.2, 0.25) is 5.91 Å². The molecule has 0 radical (unpaired) electrons. The number of methoxy groups -OCH3 is 1. The number of rotatable bonds is 5. The highest BCUT2D eigenvalue weighted by Crippen LogP contribution is 2.35. The third-order valence-corrected chi connectivity index (χ3v) is 5.31. The maximum atomic E-state index is 13.1. The Morgan fingerprint density at radius 1 is 1.21 bits per heavy atom. The monoisotopic (exact) mass is 376 g/mol. The molecule has 1 atom stereocenters. The van der Waals surface area contributed by atoms with Crippen LogP contribution in [0.4, 0.5) is 0 Å². The zero-order valence-electron chi connectivity index (χ0n) is 16.2. The number of hydrogen-bond donors (Lipinski definition) is 0. The fraction of sp³-hybridized carbons (Fsp3) is 0.304. The second-order valence-electron chi connectivity index (χ2n) is 7.21. The van der Waals surface area contributed by atoms with Gasteiger partial charge in [-0.3, -0.25) is 4.79 Å². The summed E-state index contributed by atoms with van der Waals surface area (Å²) < 4.78 is 10.5. The van der Waals surface area contributed by atoms with Crippen LogP contribution in [0.15, 0.2) is 59.1 Å². The van der Waals surface area contributed by atoms with E-state index in [2.05, 4.69) is 29.4 Å². The lowest BCUT2D eigenvalue weighted by Crippen LogP contribution is -2.41. The minimum absolute atomic E-state index is 0.00226. The molecule has 28 heavy (non-hydrogen) atoms. The topological polar surface area (TPSA) is 55.6 Å². The van der Waals surface area contributed by atoms with E-state index in [0.29, 0.717) is 12.2 Å². The van der Waals surface area contributed by atoms with Crippen LogP contribution in [0.2, 0.25) is 0 Å². The summed E-state index contributed by atoms with van der Waals surface area (Å²) in [6, 6.07) is 18.3. The van der Waals surface area contributed by atoms with Gasteiger partial charge in [-0.15, -0.1) is 0 Å². The number of amides is 1. The van der Waals surface area contributed by atoms with E-state index in [1.807, 2.05) is 42.2 Å². The second-order valence-corrected chi connectivity index (χ2v) is 7.21. The molecule has 2 aromatic carbocycles. The Balaban J connectivity index is 1.64. The Bertz CT molecular complexity index is 965. The predicted octanol–water partition coefficient (Wildman–Crippen LogP) is 3.90. The van der Waals surface area contributed by atoms with Gasteiger partial charge in [0.25, 0.3) is 0 Å². The summed E-state index contributed by atoms with van der Waals surface area (Å²) in [5, 5.41) is 3.99. The van der Waals surface area contributed by atoms with E-state index >= 15 is 0 Å². The highest BCUT2D eigenvalue weighted by molar-refractivity contribution is 5.79. The number of carbonyl (C=O) groups is 1. The van der Waals surface area contributed by atoms with Crippen LogP contribution in [0.5, 0.6) is 5.75 Å². The minimum Gasteiger partial charge on any atom is -0.497 e. The first-order valence-corrected chi connectivity index (χ1v) is 9.56. The predicted molar refractivity (Wildman–Crippen MR) is 106 cm³/mol. The Morgan fingerprint density at radius 3 is 2.75 bits per heavy atom. The van der Waals surface area contributed by atoms with Crippen molar-refractivity contribution < 1.29 is 14.1 Å². The van der Waals surface area contributed by atoms with Crippen molar-refractivity contribution in [2.24, 2.45) is 0 Å². The van der Waals surface area contributed by atoms with E-state index < -0.39 is 0 Å². The maximum Gasteiger partial charge on any atom is 0.229 e. The maximum absolute atomic E-state index is 13.1. The van der Waals surface area contributed by atoms with Crippen LogP contribution in [-0.4, -0.2) is 29.6 Å². The smallest absolute Gasteiger partial charge is 0.229 e. The quantitative estimate of drug-likeness (QED) is 0.678. The zero-order valence-corrected chi connectivity index (χ0v) is 16.2. The number of fused-ring (bicyclic) bond motifs is 1. The van der Waals surface area contributed by atoms with Crippen molar-refractivity contribution in [3.05, 3.63) is 82.7 Å². The molecule has 1 aromatic heterocycles. The molecule has 0 bridgehead atoms. The lowest BCUT2D eigenvalue weighted by Gasteiger charge is -2.38. The molecule has 0 saturated heterocycles. The van der Waals surface area contributed by atoms with Gasteiger partial charge in [-0.05, 0) is 48.6 Å². The standard InChI is InChI=1S/C23H24N2O3/c1-16-12-19(24-28-16)15-23(26)25-11-10-18-14-20(27-2)8-9-21(18)22(25)13-17-6-4-3-5-7-17/h3-9,12,14,22H,10-11,13,15H2,1-2H3. The molecule has 144 valence electrons. The number of nitrogens with zero attached hydrogens (tertiary/aromatic N) is 2. The largest absolute Gasteiger partial charge is 0.497 e. The molecule has 5 nitrogen and oxygen atoms in total. The van der Waals surface area contributed by atoms with Crippen LogP contribution in [-0.2, 0) is 24.1 Å². The number of aromatic nitrogens is 1. The zero-order chi connectivity index (χ0) is 19.5. The molecule has 0 N–H and O–H groups in total. The summed E-state index contributed by atoms with van der Waals surface area (Å²) in [5.74, 6) is 1.66. The molecule has 0 saturated carbocycles. The van der Waals surface area contributed by atoms with Crippen molar-refractivity contribution in [1.29, 1.82) is 0 Å². The highest BCUT2D eigenvalue weighted by Gasteiger charge is 2.31. The summed E-state index contributed by atoms with van der Waals surface area (Å²) in [4.78, 5) is 15.1. The molecule has 0 fully saturated rings. The third kappa shape index (κ3) is 3.79. The van der Waals surface area contributed by atoms with E-state index in [1.165, 1.54) is 16.7 Å². The van der Waals surface area contributed by atoms with Gasteiger partial charge in [0.05, 0.1) is 25.3 Å². The van der Waals surface area contributed by atoms with Crippen LogP contribution in [0.3, 0.4) is 0 Å². The first-order chi connectivity index (χ1) is 13.6. The van der Waals surface area contributed by atoms with Gasteiger partial charge in [0.1, 0.15) is 11.5 Å². The van der Waals surface area contributed by atoms with Crippen LogP contribution >= 0.6 is 0 Å². The Morgan fingerprint density at radius 2 is 2.04 bits per heavy atom. The SMILES string of the molecule is COc1ccc2c(c1)CCN(C(=O)Cc1cc(C)on1)C2Cc1ccccc1. The summed E-state index contributed by atoms with van der Waals surface area (Å²) in [6.07, 6.45) is 1.86. The van der Waals surface area contributed by atoms with Crippen molar-refractivity contribution in [1.82, 2.24) is 10.1 Å². The second kappa shape index (κ2) is 7.89. The molecule has 5 heteroatoms. The number of hydrogen-bond acceptors (Lipinski definition) is 4. The van der Waals surface area contributed by atoms with Gasteiger partial charge in [-0.25, -0.2) is 0 Å². The van der Waals surface area contributed by atoms with Gasteiger partial charge in [0.15, 0.2) is 0 Å². The highest BCUT2D eigenvalue weighted by atomic mass is 16.5. The molecular weight excluding hydrogens is 352 g/mol. The molecular formula is C23H24N2O3. The molecule has 0 spiro atoms. The van der Waals surface area contributed by atoms with Crippen LogP contribution in [0.1, 0.15) is 34.2 Å². The fourth-order valence-corrected chi connectivity index (χ4v) is 3.93. The average Bonchev–Trinajstić information content (AvgIpc) is 3.13. The lowest BCUT2D eigenvalue weighted by atomic mass is 9.88. The number of aryl methyl sites for hydroxylation is 1. The minimum atomic E-state index is -0.00226. The first kappa shape index (κ1) is 18.3. The number of carbonyl (C=O) groups excluding carboxylic acids is 1. The van der Waals surface area contributed by atoms with Crippen molar-refractivity contribution in [2.75, 3.05) is 13.7 Å². The van der Waals surface area contributed by atoms with E-state index in [9.17, 15) is 4.79 Å². The fourth-order valence-electron chi connectivity index (χ4n) is 3.93. The number of benzene rings is 2. The van der Waals surface area contributed by atoms with E-state index in [4.69, 9.17) is 9.26 Å². The molecule has 1 amide bonds. The van der Waals surface area contributed by atoms with Gasteiger partial charge >= 0.3 is 0 Å². The summed E-state index contributed by atoms with van der Waals surface area (Å²) in [5.41, 5.74) is 4.34. The molecule has 4 rings (SSSR count). The van der Waals surface area contributed by atoms with E-state index in [-0.39, 0.29) is 18.4 Å². The average molecular weight is 376 g/mol. The van der Waals surface area contributed by atoms with Crippen molar-refractivity contribution in [3.63, 3.8) is 0 Å². The molecule has 0 aliphatic carbocycles. The van der Waals surface area contributed by atoms with E-state index in [1.54, 1.807) is 7.11 Å². The van der Waals surface area contributed by atoms with Crippen LogP contribution < -0.4 is 4.74 Å². The summed E-state index contributed by atoms with van der Waals surface area (Å²) in [7, 11) is 1.68. The van der Waals surface area contributed by atoms with Gasteiger partial charge in [0, 0.05) is 12.6 Å². The number of ether oxygens (including phenoxy) is 1. The van der Waals surface area contributed by atoms with Gasteiger partial charge in [-0.2, -0.15) is 0 Å². The van der Waals surface area contributed by atoms with Crippen molar-refractivity contribution in [3.8, 4) is 5.75 Å². The lowest BCUT2D eigenvalue weighted by molar-refractivity contribution is -0.133. The first-order valence-electron chi connectivity index (χ1n) is 9.56. The normalized spacial score (nSPS) is 15.9. The van der Waals surface area contributed by atoms with Gasteiger partial charge in [-0.1, -0.05) is 41.6 Å². The molecule has 2 heterocycles. The Hall–Kier alpha value is -3.08. The molecule has 3 aromatic rings. The van der Waals surface area contributed by atoms with Crippen molar-refractivity contribution in [2.45, 2.75) is 32.2 Å². The Kier molecular flexibility index (Phi) is 5.15. The van der Waals surface area contributed by atoms with Crippen LogP contribution in [0.25, 0.3) is 0 Å². The summed E-state index contributed by atoms with van der Waals surface area (Å²) >= 11 is 0. The Labute approximate surface area is 164 Å². The third-order valence-electron chi connectivity index (χ3n) is 5.31.